The van der Waals surface area contributed by atoms with Crippen molar-refractivity contribution >= 4 is 17.1 Å². The van der Waals surface area contributed by atoms with E-state index in [1.54, 1.807) is 0 Å². The second kappa shape index (κ2) is 12.1. The van der Waals surface area contributed by atoms with Gasteiger partial charge in [0.15, 0.2) is 0 Å². The van der Waals surface area contributed by atoms with Crippen LogP contribution >= 0.6 is 0 Å². The van der Waals surface area contributed by atoms with Crippen molar-refractivity contribution in [1.82, 2.24) is 0 Å². The van der Waals surface area contributed by atoms with Crippen LogP contribution in [0.5, 0.6) is 0 Å². The van der Waals surface area contributed by atoms with Gasteiger partial charge in [0.1, 0.15) is 0 Å². The highest BCUT2D eigenvalue weighted by Crippen LogP contribution is 2.59. The van der Waals surface area contributed by atoms with E-state index < -0.39 is 0 Å². The Bertz CT molecular complexity index is 2250. The van der Waals surface area contributed by atoms with Crippen LogP contribution in [0.15, 0.2) is 188 Å². The number of fused-ring (bicyclic) bond motifs is 7. The molecule has 0 radical (unpaired) electrons. The summed E-state index contributed by atoms with van der Waals surface area (Å²) in [6, 6.07) is 64.6. The predicted octanol–water partition coefficient (Wildman–Crippen LogP) is 13.5. The lowest BCUT2D eigenvalue weighted by molar-refractivity contribution is 0.359. The number of rotatable bonds is 5. The van der Waals surface area contributed by atoms with E-state index in [9.17, 15) is 0 Å². The Hall–Kier alpha value is -5.92. The Kier molecular flexibility index (Phi) is 7.40. The summed E-state index contributed by atoms with van der Waals surface area (Å²) in [5.41, 5.74) is 16.1. The van der Waals surface area contributed by atoms with Gasteiger partial charge in [-0.1, -0.05) is 172 Å². The standard InChI is InChI=1S/C50H41N/c1-49(2,3)45-32-33-50(46-20-12-10-18-42(46)43-19-11-13-21-47(43)50)48-34-41(30-31-44(45)48)51(39-26-22-37(23-27-39)35-14-6-4-7-15-35)40-28-24-38(25-29-40)36-16-8-5-9-17-36/h4-34,45H,1-3H3. The number of nitrogens with zero attached hydrogens (tertiary/aromatic N) is 1. The minimum atomic E-state index is -0.375. The van der Waals surface area contributed by atoms with Crippen LogP contribution < -0.4 is 4.90 Å². The summed E-state index contributed by atoms with van der Waals surface area (Å²) in [6.45, 7) is 7.09. The molecule has 9 rings (SSSR count). The van der Waals surface area contributed by atoms with Crippen LogP contribution in [0.25, 0.3) is 33.4 Å². The molecule has 1 unspecified atom stereocenters. The molecule has 0 amide bonds. The molecule has 0 bridgehead atoms. The van der Waals surface area contributed by atoms with Crippen LogP contribution in [0.1, 0.15) is 48.9 Å². The maximum absolute atomic E-state index is 2.52. The Balaban J connectivity index is 1.25. The molecule has 1 atom stereocenters. The fourth-order valence-corrected chi connectivity index (χ4v) is 8.54. The fourth-order valence-electron chi connectivity index (χ4n) is 8.54. The van der Waals surface area contributed by atoms with Gasteiger partial charge in [0.25, 0.3) is 0 Å². The lowest BCUT2D eigenvalue weighted by atomic mass is 9.62. The summed E-state index contributed by atoms with van der Waals surface area (Å²) in [5, 5.41) is 0. The predicted molar refractivity (Wildman–Crippen MR) is 215 cm³/mol. The molecule has 0 heterocycles. The van der Waals surface area contributed by atoms with Gasteiger partial charge in [-0.05, 0) is 97.4 Å². The van der Waals surface area contributed by atoms with E-state index in [0.717, 1.165) is 17.1 Å². The van der Waals surface area contributed by atoms with Gasteiger partial charge >= 0.3 is 0 Å². The Morgan fingerprint density at radius 2 is 0.863 bits per heavy atom. The van der Waals surface area contributed by atoms with Gasteiger partial charge < -0.3 is 4.90 Å². The van der Waals surface area contributed by atoms with E-state index in [-0.39, 0.29) is 16.7 Å². The number of anilines is 3. The molecule has 1 spiro atoms. The molecular weight excluding hydrogens is 615 g/mol. The highest BCUT2D eigenvalue weighted by atomic mass is 15.1. The maximum atomic E-state index is 2.52. The summed E-state index contributed by atoms with van der Waals surface area (Å²) in [6.07, 6.45) is 5.01. The van der Waals surface area contributed by atoms with Crippen molar-refractivity contribution < 1.29 is 0 Å². The summed E-state index contributed by atoms with van der Waals surface area (Å²) in [7, 11) is 0. The normalized spacial score (nSPS) is 15.2. The smallest absolute Gasteiger partial charge is 0.0647 e. The molecule has 0 N–H and O–H groups in total. The van der Waals surface area contributed by atoms with E-state index in [2.05, 4.69) is 214 Å². The average Bonchev–Trinajstić information content (AvgIpc) is 3.46. The van der Waals surface area contributed by atoms with Crippen molar-refractivity contribution in [3.05, 3.63) is 210 Å². The molecule has 51 heavy (non-hydrogen) atoms. The summed E-state index contributed by atoms with van der Waals surface area (Å²) >= 11 is 0. The molecule has 2 aliphatic carbocycles. The lowest BCUT2D eigenvalue weighted by Crippen LogP contribution is -2.32. The third-order valence-corrected chi connectivity index (χ3v) is 11.0. The zero-order valence-electron chi connectivity index (χ0n) is 29.4. The molecule has 7 aromatic carbocycles. The van der Waals surface area contributed by atoms with E-state index >= 15 is 0 Å². The van der Waals surface area contributed by atoms with Crippen molar-refractivity contribution in [2.75, 3.05) is 4.90 Å². The molecule has 0 aromatic heterocycles. The second-order valence-corrected chi connectivity index (χ2v) is 15.0. The van der Waals surface area contributed by atoms with Gasteiger partial charge in [0, 0.05) is 23.0 Å². The number of hydrogen-bond donors (Lipinski definition) is 0. The summed E-state index contributed by atoms with van der Waals surface area (Å²) < 4.78 is 0. The van der Waals surface area contributed by atoms with Crippen molar-refractivity contribution in [2.24, 2.45) is 5.41 Å². The van der Waals surface area contributed by atoms with E-state index in [4.69, 9.17) is 0 Å². The molecule has 1 heteroatoms. The lowest BCUT2D eigenvalue weighted by Gasteiger charge is -2.42. The van der Waals surface area contributed by atoms with Gasteiger partial charge in [-0.3, -0.25) is 0 Å². The van der Waals surface area contributed by atoms with Crippen LogP contribution in [-0.2, 0) is 5.41 Å². The highest BCUT2D eigenvalue weighted by Gasteiger charge is 2.47. The number of hydrogen-bond acceptors (Lipinski definition) is 1. The summed E-state index contributed by atoms with van der Waals surface area (Å²) in [4.78, 5) is 2.43. The first-order valence-electron chi connectivity index (χ1n) is 18.1. The Morgan fingerprint density at radius 3 is 1.35 bits per heavy atom. The minimum absolute atomic E-state index is 0.0617. The number of benzene rings is 7. The minimum Gasteiger partial charge on any atom is -0.310 e. The van der Waals surface area contributed by atoms with Crippen LogP contribution in [0.4, 0.5) is 17.1 Å². The molecule has 2 aliphatic rings. The Morgan fingerprint density at radius 1 is 0.431 bits per heavy atom. The van der Waals surface area contributed by atoms with E-state index in [1.807, 2.05) is 0 Å². The Labute approximate surface area is 302 Å². The molecule has 0 fully saturated rings. The molecule has 0 aliphatic heterocycles. The largest absolute Gasteiger partial charge is 0.310 e. The van der Waals surface area contributed by atoms with E-state index in [1.165, 1.54) is 55.6 Å². The van der Waals surface area contributed by atoms with Gasteiger partial charge in [-0.2, -0.15) is 0 Å². The van der Waals surface area contributed by atoms with Gasteiger partial charge in [0.2, 0.25) is 0 Å². The first kappa shape index (κ1) is 31.1. The topological polar surface area (TPSA) is 3.24 Å². The molecule has 0 saturated carbocycles. The van der Waals surface area contributed by atoms with Crippen molar-refractivity contribution in [2.45, 2.75) is 32.1 Å². The zero-order valence-corrected chi connectivity index (χ0v) is 29.4. The highest BCUT2D eigenvalue weighted by molar-refractivity contribution is 5.87. The molecule has 1 nitrogen and oxygen atoms in total. The first-order chi connectivity index (χ1) is 24.9. The van der Waals surface area contributed by atoms with Crippen molar-refractivity contribution in [3.8, 4) is 33.4 Å². The third kappa shape index (κ3) is 5.15. The van der Waals surface area contributed by atoms with Gasteiger partial charge in [-0.25, -0.2) is 0 Å². The van der Waals surface area contributed by atoms with Crippen LogP contribution in [-0.4, -0.2) is 0 Å². The van der Waals surface area contributed by atoms with Crippen molar-refractivity contribution in [3.63, 3.8) is 0 Å². The van der Waals surface area contributed by atoms with Crippen LogP contribution in [0.3, 0.4) is 0 Å². The maximum Gasteiger partial charge on any atom is 0.0647 e. The monoisotopic (exact) mass is 655 g/mol. The SMILES string of the molecule is CC(C)(C)C1C=CC2(c3ccccc3-c3ccccc32)c2cc(N(c3ccc(-c4ccccc4)cc3)c3ccc(-c4ccccc4)cc3)ccc21. The zero-order chi connectivity index (χ0) is 34.6. The van der Waals surface area contributed by atoms with Gasteiger partial charge in [0.05, 0.1) is 5.41 Å². The summed E-state index contributed by atoms with van der Waals surface area (Å²) in [5.74, 6) is 0.288. The van der Waals surface area contributed by atoms with Crippen molar-refractivity contribution in [1.29, 1.82) is 0 Å². The fraction of sp³-hybridized carbons (Fsp3) is 0.120. The third-order valence-electron chi connectivity index (χ3n) is 11.0. The van der Waals surface area contributed by atoms with E-state index in [0.29, 0.717) is 0 Å². The van der Waals surface area contributed by atoms with Crippen LogP contribution in [0.2, 0.25) is 0 Å². The van der Waals surface area contributed by atoms with Gasteiger partial charge in [-0.15, -0.1) is 0 Å². The average molecular weight is 656 g/mol. The first-order valence-corrected chi connectivity index (χ1v) is 18.1. The molecule has 246 valence electrons. The molecule has 0 saturated heterocycles. The molecule has 7 aromatic rings. The molecular formula is C50H41N. The second-order valence-electron chi connectivity index (χ2n) is 15.0. The number of allylic oxidation sites excluding steroid dienone is 2. The van der Waals surface area contributed by atoms with Crippen LogP contribution in [0, 0.1) is 5.41 Å². The quantitative estimate of drug-likeness (QED) is 0.167.